The van der Waals surface area contributed by atoms with Gasteiger partial charge in [-0.1, -0.05) is 67.7 Å². The van der Waals surface area contributed by atoms with Crippen molar-refractivity contribution < 1.29 is 34.4 Å². The number of carbonyl (C=O) groups excluding carboxylic acids is 2. The summed E-state index contributed by atoms with van der Waals surface area (Å²) in [6.45, 7) is 1.90. The van der Waals surface area contributed by atoms with E-state index in [1.54, 1.807) is 0 Å². The zero-order valence-corrected chi connectivity index (χ0v) is 25.3. The van der Waals surface area contributed by atoms with Crippen LogP contribution in [0.15, 0.2) is 67.1 Å². The maximum absolute atomic E-state index is 12.2. The van der Waals surface area contributed by atoms with Gasteiger partial charge in [0.1, 0.15) is 24.6 Å². The lowest BCUT2D eigenvalue weighted by atomic mass is 10.1. The van der Waals surface area contributed by atoms with Gasteiger partial charge in [-0.2, -0.15) is 0 Å². The molecule has 0 saturated carbocycles. The molecule has 0 spiro atoms. The number of nitrogens with zero attached hydrogens (tertiary/aromatic N) is 4. The molecule has 1 aliphatic heterocycles. The van der Waals surface area contributed by atoms with E-state index in [1.165, 1.54) is 0 Å². The molecule has 6 N–H and O–H groups in total. The first-order chi connectivity index (χ1) is 21.2. The lowest BCUT2D eigenvalue weighted by molar-refractivity contribution is -0.121. The summed E-state index contributed by atoms with van der Waals surface area (Å²) in [6.07, 6.45) is 22.5. The average molecular weight is 615 g/mol. The van der Waals surface area contributed by atoms with Crippen LogP contribution in [0.4, 0.5) is 4.79 Å². The Morgan fingerprint density at radius 3 is 2.11 bits per heavy atom. The molecule has 13 nitrogen and oxygen atoms in total. The van der Waals surface area contributed by atoms with Gasteiger partial charge in [0.25, 0.3) is 5.91 Å². The SMILES string of the molecule is CCC=CCC=CCC=CCC=CCC=CCCCC(=O)NCCN(C[C@H]1O[C@@H](n2cnc(C(N)=O)n2)[C@H](O)[C@@H]1O)C(=O)O. The number of aliphatic hydroxyl groups is 2. The topological polar surface area (TPSA) is 193 Å². The second-order valence-electron chi connectivity index (χ2n) is 10.1. The van der Waals surface area contributed by atoms with Crippen molar-refractivity contribution in [3.8, 4) is 0 Å². The van der Waals surface area contributed by atoms with Crippen LogP contribution in [0.25, 0.3) is 0 Å². The fourth-order valence-electron chi connectivity index (χ4n) is 4.26. The molecule has 4 atom stereocenters. The molecule has 0 unspecified atom stereocenters. The minimum absolute atomic E-state index is 0.0433. The Bertz CT molecular complexity index is 1180. The number of unbranched alkanes of at least 4 members (excludes halogenated alkanes) is 1. The van der Waals surface area contributed by atoms with Crippen LogP contribution in [-0.2, 0) is 9.53 Å². The summed E-state index contributed by atoms with van der Waals surface area (Å²) in [6, 6.07) is 0. The highest BCUT2D eigenvalue weighted by molar-refractivity contribution is 5.88. The number of primary amides is 1. The number of aromatic nitrogens is 3. The van der Waals surface area contributed by atoms with Crippen LogP contribution >= 0.6 is 0 Å². The zero-order valence-electron chi connectivity index (χ0n) is 25.3. The van der Waals surface area contributed by atoms with Crippen molar-refractivity contribution in [2.24, 2.45) is 5.73 Å². The van der Waals surface area contributed by atoms with Crippen LogP contribution in [0.1, 0.15) is 75.1 Å². The molecule has 2 heterocycles. The summed E-state index contributed by atoms with van der Waals surface area (Å²) < 4.78 is 6.66. The van der Waals surface area contributed by atoms with Crippen molar-refractivity contribution in [1.82, 2.24) is 25.0 Å². The summed E-state index contributed by atoms with van der Waals surface area (Å²) in [7, 11) is 0. The Kier molecular flexibility index (Phi) is 17.1. The van der Waals surface area contributed by atoms with Crippen LogP contribution in [0.3, 0.4) is 0 Å². The fraction of sp³-hybridized carbons (Fsp3) is 0.516. The van der Waals surface area contributed by atoms with E-state index in [2.05, 4.69) is 77.0 Å². The number of carboxylic acid groups (broad SMARTS) is 1. The first-order valence-corrected chi connectivity index (χ1v) is 15.0. The molecule has 0 bridgehead atoms. The van der Waals surface area contributed by atoms with E-state index in [4.69, 9.17) is 10.5 Å². The number of allylic oxidation sites excluding steroid dienone is 10. The van der Waals surface area contributed by atoms with Crippen molar-refractivity contribution in [2.75, 3.05) is 19.6 Å². The number of nitrogens with one attached hydrogen (secondary N) is 1. The molecular weight excluding hydrogens is 568 g/mol. The van der Waals surface area contributed by atoms with Crippen LogP contribution in [-0.4, -0.2) is 90.8 Å². The van der Waals surface area contributed by atoms with Gasteiger partial charge in [0.05, 0.1) is 6.54 Å². The van der Waals surface area contributed by atoms with E-state index >= 15 is 0 Å². The molecule has 44 heavy (non-hydrogen) atoms. The van der Waals surface area contributed by atoms with Crippen LogP contribution in [0.2, 0.25) is 0 Å². The van der Waals surface area contributed by atoms with Crippen molar-refractivity contribution in [3.63, 3.8) is 0 Å². The van der Waals surface area contributed by atoms with Gasteiger partial charge in [0, 0.05) is 19.5 Å². The third-order valence-electron chi connectivity index (χ3n) is 6.63. The standard InChI is InChI=1S/C31H46N6O7/c1-2-3-4-5-6-7-8-9-10-11-12-13-14-15-16-17-18-19-25(38)33-20-21-36(31(42)43)22-24-26(39)27(40)30(44-24)37-23-34-29(35-37)28(32)41/h3-4,6-7,9-10,12-13,15-16,23-24,26-27,30,39-40H,2,5,8,11,14,17-22H2,1H3,(H2,32,41)(H,33,38)(H,42,43)/t24-,26-,27-,30-/m1/s1. The van der Waals surface area contributed by atoms with E-state index < -0.39 is 36.5 Å². The maximum Gasteiger partial charge on any atom is 0.407 e. The largest absolute Gasteiger partial charge is 0.465 e. The number of rotatable bonds is 20. The molecule has 1 aromatic rings. The molecule has 242 valence electrons. The Morgan fingerprint density at radius 1 is 0.977 bits per heavy atom. The smallest absolute Gasteiger partial charge is 0.407 e. The number of hydrogen-bond acceptors (Lipinski definition) is 8. The summed E-state index contributed by atoms with van der Waals surface area (Å²) in [5.74, 6) is -1.35. The monoisotopic (exact) mass is 614 g/mol. The van der Waals surface area contributed by atoms with Crippen molar-refractivity contribution in [1.29, 1.82) is 0 Å². The molecule has 1 saturated heterocycles. The fourth-order valence-corrected chi connectivity index (χ4v) is 4.26. The van der Waals surface area contributed by atoms with Gasteiger partial charge in [-0.15, -0.1) is 5.10 Å². The average Bonchev–Trinajstić information content (AvgIpc) is 3.59. The minimum Gasteiger partial charge on any atom is -0.465 e. The quantitative estimate of drug-likeness (QED) is 0.108. The van der Waals surface area contributed by atoms with Crippen molar-refractivity contribution in [3.05, 3.63) is 72.9 Å². The number of nitrogens with two attached hydrogens (primary N) is 1. The predicted octanol–water partition coefficient (Wildman–Crippen LogP) is 3.01. The van der Waals surface area contributed by atoms with Gasteiger partial charge in [-0.25, -0.2) is 14.5 Å². The predicted molar refractivity (Wildman–Crippen MR) is 165 cm³/mol. The summed E-state index contributed by atoms with van der Waals surface area (Å²) in [5.41, 5.74) is 5.13. The molecule has 0 aromatic carbocycles. The normalized spacial score (nSPS) is 20.6. The summed E-state index contributed by atoms with van der Waals surface area (Å²) >= 11 is 0. The second kappa shape index (κ2) is 20.8. The van der Waals surface area contributed by atoms with Crippen molar-refractivity contribution >= 4 is 17.9 Å². The van der Waals surface area contributed by atoms with E-state index in [0.717, 1.165) is 54.4 Å². The third kappa shape index (κ3) is 13.5. The number of amides is 3. The highest BCUT2D eigenvalue weighted by Crippen LogP contribution is 2.29. The van der Waals surface area contributed by atoms with Gasteiger partial charge >= 0.3 is 6.09 Å². The van der Waals surface area contributed by atoms with Crippen LogP contribution in [0, 0.1) is 0 Å². The first-order valence-electron chi connectivity index (χ1n) is 15.0. The number of ether oxygens (including phenoxy) is 1. The van der Waals surface area contributed by atoms with Gasteiger partial charge in [-0.3, -0.25) is 9.59 Å². The molecule has 2 rings (SSSR count). The highest BCUT2D eigenvalue weighted by atomic mass is 16.6. The van der Waals surface area contributed by atoms with E-state index in [1.807, 2.05) is 6.08 Å². The Balaban J connectivity index is 1.59. The van der Waals surface area contributed by atoms with Crippen LogP contribution < -0.4 is 11.1 Å². The van der Waals surface area contributed by atoms with Gasteiger partial charge in [0.15, 0.2) is 6.23 Å². The number of hydrogen-bond donors (Lipinski definition) is 5. The molecule has 1 fully saturated rings. The number of carbonyl (C=O) groups is 3. The third-order valence-corrected chi connectivity index (χ3v) is 6.63. The Labute approximate surface area is 258 Å². The molecule has 1 aliphatic rings. The van der Waals surface area contributed by atoms with Gasteiger partial charge in [0.2, 0.25) is 11.7 Å². The molecule has 0 aliphatic carbocycles. The summed E-state index contributed by atoms with van der Waals surface area (Å²) in [4.78, 5) is 39.8. The molecule has 0 radical (unpaired) electrons. The van der Waals surface area contributed by atoms with E-state index in [0.29, 0.717) is 12.8 Å². The Morgan fingerprint density at radius 2 is 1.57 bits per heavy atom. The Hall–Kier alpha value is -4.07. The number of aliphatic hydroxyl groups excluding tert-OH is 2. The van der Waals surface area contributed by atoms with Crippen molar-refractivity contribution in [2.45, 2.75) is 82.8 Å². The lowest BCUT2D eigenvalue weighted by Crippen LogP contribution is -2.45. The minimum atomic E-state index is -1.44. The molecule has 13 heteroatoms. The van der Waals surface area contributed by atoms with E-state index in [-0.39, 0.29) is 31.4 Å². The highest BCUT2D eigenvalue weighted by Gasteiger charge is 2.45. The molecule has 3 amide bonds. The van der Waals surface area contributed by atoms with Gasteiger partial charge in [-0.05, 0) is 44.9 Å². The van der Waals surface area contributed by atoms with E-state index in [9.17, 15) is 29.7 Å². The lowest BCUT2D eigenvalue weighted by Gasteiger charge is -2.24. The van der Waals surface area contributed by atoms with Crippen LogP contribution in [0.5, 0.6) is 0 Å². The zero-order chi connectivity index (χ0) is 32.2. The summed E-state index contributed by atoms with van der Waals surface area (Å²) in [5, 5.41) is 36.8. The first kappa shape index (κ1) is 36.1. The molecule has 1 aromatic heterocycles. The van der Waals surface area contributed by atoms with Gasteiger partial charge < -0.3 is 36.0 Å². The maximum atomic E-state index is 12.2. The molecular formula is C31H46N6O7. The second-order valence-corrected chi connectivity index (χ2v) is 10.1.